The summed E-state index contributed by atoms with van der Waals surface area (Å²) < 4.78 is 0. The highest BCUT2D eigenvalue weighted by Gasteiger charge is 2.29. The minimum Gasteiger partial charge on any atom is -0.351 e. The monoisotopic (exact) mass is 428 g/mol. The minimum atomic E-state index is 0. The molecular weight excluding hydrogens is 392 g/mol. The van der Waals surface area contributed by atoms with Crippen LogP contribution < -0.4 is 38.1 Å². The number of anilines is 3. The number of nitrogens with two attached hydrogens (primary N) is 4. The van der Waals surface area contributed by atoms with E-state index < -0.39 is 0 Å². The van der Waals surface area contributed by atoms with Crippen molar-refractivity contribution in [3.05, 3.63) is 0 Å². The minimum absolute atomic E-state index is 0. The van der Waals surface area contributed by atoms with E-state index in [9.17, 15) is 0 Å². The Bertz CT molecular complexity index is 595. The van der Waals surface area contributed by atoms with Crippen molar-refractivity contribution in [1.29, 1.82) is 0 Å². The SMILES string of the molecule is CC(C)C(C)Nc1nc(N2C[C@H](N)C[C@H](N)C2)nc(N2C[C@H](N)C[C@H](N)C2)n1.Cl. The molecule has 1 unspecified atom stereocenters. The molecule has 2 fully saturated rings. The van der Waals surface area contributed by atoms with Gasteiger partial charge in [0.05, 0.1) is 0 Å². The number of aromatic nitrogens is 3. The molecule has 2 aliphatic heterocycles. The Morgan fingerprint density at radius 2 is 1.14 bits per heavy atom. The van der Waals surface area contributed by atoms with Gasteiger partial charge in [-0.15, -0.1) is 12.4 Å². The summed E-state index contributed by atoms with van der Waals surface area (Å²) in [4.78, 5) is 18.2. The van der Waals surface area contributed by atoms with Gasteiger partial charge in [-0.25, -0.2) is 0 Å². The number of nitrogens with one attached hydrogen (secondary N) is 1. The number of hydrogen-bond donors (Lipinski definition) is 5. The van der Waals surface area contributed by atoms with Gasteiger partial charge in [0.2, 0.25) is 17.8 Å². The van der Waals surface area contributed by atoms with Crippen molar-refractivity contribution in [3.63, 3.8) is 0 Å². The molecule has 29 heavy (non-hydrogen) atoms. The van der Waals surface area contributed by atoms with E-state index >= 15 is 0 Å². The highest BCUT2D eigenvalue weighted by Crippen LogP contribution is 2.22. The predicted octanol–water partition coefficient (Wildman–Crippen LogP) is -0.521. The van der Waals surface area contributed by atoms with Crippen LogP contribution in [0.4, 0.5) is 17.8 Å². The Morgan fingerprint density at radius 1 is 0.759 bits per heavy atom. The van der Waals surface area contributed by atoms with Gasteiger partial charge >= 0.3 is 0 Å². The van der Waals surface area contributed by atoms with Gasteiger partial charge in [0.25, 0.3) is 0 Å². The standard InChI is InChI=1S/C18H36N10.ClH/c1-10(2)11(3)23-16-24-17(27-6-12(19)4-13(20)7-27)26-18(25-16)28-8-14(21)5-15(22)9-28;/h10-15H,4-9,19-22H2,1-3H3,(H,23,24,25,26);1H/t11?,12-,13+,14-,15+;. The first-order chi connectivity index (χ1) is 13.2. The van der Waals surface area contributed by atoms with Crippen LogP contribution in [0.25, 0.3) is 0 Å². The summed E-state index contributed by atoms with van der Waals surface area (Å²) in [7, 11) is 0. The highest BCUT2D eigenvalue weighted by molar-refractivity contribution is 5.85. The lowest BCUT2D eigenvalue weighted by molar-refractivity contribution is 0.441. The Hall–Kier alpha value is -1.46. The summed E-state index contributed by atoms with van der Waals surface area (Å²) >= 11 is 0. The second-order valence-corrected chi connectivity index (χ2v) is 8.76. The third kappa shape index (κ3) is 6.26. The van der Waals surface area contributed by atoms with Crippen LogP contribution >= 0.6 is 12.4 Å². The summed E-state index contributed by atoms with van der Waals surface area (Å²) in [6.45, 7) is 9.14. The number of rotatable bonds is 5. The molecule has 0 aromatic carbocycles. The van der Waals surface area contributed by atoms with Crippen LogP contribution in [0.1, 0.15) is 33.6 Å². The van der Waals surface area contributed by atoms with Gasteiger partial charge in [0, 0.05) is 56.4 Å². The van der Waals surface area contributed by atoms with Gasteiger partial charge in [-0.1, -0.05) is 13.8 Å². The van der Waals surface area contributed by atoms with Gasteiger partial charge in [-0.3, -0.25) is 0 Å². The van der Waals surface area contributed by atoms with Crippen LogP contribution in [-0.2, 0) is 0 Å². The molecule has 1 aromatic heterocycles. The fourth-order valence-electron chi connectivity index (χ4n) is 3.76. The average molecular weight is 429 g/mol. The van der Waals surface area contributed by atoms with E-state index in [0.717, 1.165) is 12.8 Å². The van der Waals surface area contributed by atoms with Crippen LogP contribution in [0.2, 0.25) is 0 Å². The molecule has 0 bridgehead atoms. The largest absolute Gasteiger partial charge is 0.351 e. The van der Waals surface area contributed by atoms with Crippen molar-refractivity contribution in [2.75, 3.05) is 41.3 Å². The number of halogens is 1. The summed E-state index contributed by atoms with van der Waals surface area (Å²) in [5, 5.41) is 3.40. The Kier molecular flexibility index (Phi) is 8.24. The van der Waals surface area contributed by atoms with Crippen LogP contribution in [0.15, 0.2) is 0 Å². The maximum absolute atomic E-state index is 6.18. The van der Waals surface area contributed by atoms with Crippen LogP contribution in [0.5, 0.6) is 0 Å². The van der Waals surface area contributed by atoms with Gasteiger partial charge in [-0.2, -0.15) is 15.0 Å². The number of piperidine rings is 2. The third-order valence-corrected chi connectivity index (χ3v) is 5.56. The molecule has 9 N–H and O–H groups in total. The quantitative estimate of drug-likeness (QED) is 0.412. The van der Waals surface area contributed by atoms with Crippen LogP contribution in [0.3, 0.4) is 0 Å². The van der Waals surface area contributed by atoms with E-state index in [0.29, 0.717) is 49.9 Å². The van der Waals surface area contributed by atoms with Crippen molar-refractivity contribution < 1.29 is 0 Å². The zero-order valence-corrected chi connectivity index (χ0v) is 18.5. The van der Waals surface area contributed by atoms with E-state index in [1.54, 1.807) is 0 Å². The maximum atomic E-state index is 6.18. The molecule has 10 nitrogen and oxygen atoms in total. The van der Waals surface area contributed by atoms with Crippen LogP contribution in [0, 0.1) is 5.92 Å². The molecular formula is C18H37ClN10. The first kappa shape index (κ1) is 23.8. The lowest BCUT2D eigenvalue weighted by Crippen LogP contribution is -2.54. The molecule has 166 valence electrons. The zero-order chi connectivity index (χ0) is 20.4. The van der Waals surface area contributed by atoms with Crippen molar-refractivity contribution in [2.45, 2.75) is 63.8 Å². The van der Waals surface area contributed by atoms with Crippen molar-refractivity contribution in [2.24, 2.45) is 28.9 Å². The van der Waals surface area contributed by atoms with Gasteiger partial charge in [0.15, 0.2) is 0 Å². The second kappa shape index (κ2) is 10.0. The van der Waals surface area contributed by atoms with E-state index in [1.165, 1.54) is 0 Å². The molecule has 0 amide bonds. The predicted molar refractivity (Wildman–Crippen MR) is 121 cm³/mol. The van der Waals surface area contributed by atoms with E-state index in [4.69, 9.17) is 27.9 Å². The normalized spacial score (nSPS) is 28.8. The Balaban J connectivity index is 0.00000300. The molecule has 0 radical (unpaired) electrons. The topological polar surface area (TPSA) is 161 Å². The van der Waals surface area contributed by atoms with Gasteiger partial charge < -0.3 is 38.1 Å². The lowest BCUT2D eigenvalue weighted by Gasteiger charge is -2.37. The molecule has 0 saturated carbocycles. The van der Waals surface area contributed by atoms with Gasteiger partial charge in [0.1, 0.15) is 0 Å². The molecule has 1 aromatic rings. The smallest absolute Gasteiger partial charge is 0.232 e. The fraction of sp³-hybridized carbons (Fsp3) is 0.833. The molecule has 0 aliphatic carbocycles. The average Bonchev–Trinajstić information content (AvgIpc) is 2.59. The first-order valence-corrected chi connectivity index (χ1v) is 10.3. The molecule has 5 atom stereocenters. The van der Waals surface area contributed by atoms with Crippen molar-refractivity contribution in [1.82, 2.24) is 15.0 Å². The first-order valence-electron chi connectivity index (χ1n) is 10.3. The summed E-state index contributed by atoms with van der Waals surface area (Å²) in [6, 6.07) is 0.247. The lowest BCUT2D eigenvalue weighted by atomic mass is 10.0. The number of nitrogens with zero attached hydrogens (tertiary/aromatic N) is 5. The molecule has 3 rings (SSSR count). The van der Waals surface area contributed by atoms with Gasteiger partial charge in [-0.05, 0) is 25.7 Å². The summed E-state index contributed by atoms with van der Waals surface area (Å²) in [5.41, 5.74) is 24.7. The van der Waals surface area contributed by atoms with E-state index in [2.05, 4.69) is 45.9 Å². The molecule has 2 aliphatic rings. The van der Waals surface area contributed by atoms with Crippen LogP contribution in [-0.4, -0.2) is 71.3 Å². The Labute approximate surface area is 179 Å². The maximum Gasteiger partial charge on any atom is 0.232 e. The molecule has 11 heteroatoms. The molecule has 0 spiro atoms. The third-order valence-electron chi connectivity index (χ3n) is 5.56. The van der Waals surface area contributed by atoms with Crippen molar-refractivity contribution >= 4 is 30.3 Å². The summed E-state index contributed by atoms with van der Waals surface area (Å²) in [5.74, 6) is 2.20. The zero-order valence-electron chi connectivity index (χ0n) is 17.7. The molecule has 3 heterocycles. The summed E-state index contributed by atoms with van der Waals surface area (Å²) in [6.07, 6.45) is 1.61. The van der Waals surface area contributed by atoms with E-state index in [-0.39, 0.29) is 42.6 Å². The van der Waals surface area contributed by atoms with E-state index in [1.807, 2.05) is 0 Å². The fourth-order valence-corrected chi connectivity index (χ4v) is 3.76. The highest BCUT2D eigenvalue weighted by atomic mass is 35.5. The molecule has 2 saturated heterocycles. The Morgan fingerprint density at radius 3 is 1.48 bits per heavy atom. The number of hydrogen-bond acceptors (Lipinski definition) is 10. The van der Waals surface area contributed by atoms with Crippen molar-refractivity contribution in [3.8, 4) is 0 Å². The second-order valence-electron chi connectivity index (χ2n) is 8.76.